The second-order valence-electron chi connectivity index (χ2n) is 6.14. The van der Waals surface area contributed by atoms with Crippen molar-refractivity contribution in [3.05, 3.63) is 29.8 Å². The van der Waals surface area contributed by atoms with Crippen molar-refractivity contribution in [1.82, 2.24) is 5.32 Å². The Morgan fingerprint density at radius 2 is 1.67 bits per heavy atom. The highest BCUT2D eigenvalue weighted by Crippen LogP contribution is 2.17. The molecule has 1 aromatic rings. The second-order valence-corrected chi connectivity index (χ2v) is 6.14. The normalized spacial score (nSPS) is 15.9. The van der Waals surface area contributed by atoms with Crippen molar-refractivity contribution in [2.24, 2.45) is 0 Å². The van der Waals surface area contributed by atoms with Crippen molar-refractivity contribution in [2.75, 3.05) is 13.2 Å². The van der Waals surface area contributed by atoms with Crippen molar-refractivity contribution in [3.63, 3.8) is 0 Å². The van der Waals surface area contributed by atoms with E-state index in [4.69, 9.17) is 9.47 Å². The molecule has 5 nitrogen and oxygen atoms in total. The summed E-state index contributed by atoms with van der Waals surface area (Å²) in [6.07, 6.45) is 8.30. The molecule has 1 aliphatic rings. The van der Waals surface area contributed by atoms with Crippen LogP contribution in [0.15, 0.2) is 24.3 Å². The fourth-order valence-electron chi connectivity index (χ4n) is 2.92. The van der Waals surface area contributed by atoms with Crippen LogP contribution in [0.3, 0.4) is 0 Å². The lowest BCUT2D eigenvalue weighted by Crippen LogP contribution is -2.38. The second kappa shape index (κ2) is 9.96. The summed E-state index contributed by atoms with van der Waals surface area (Å²) in [7, 11) is 0. The summed E-state index contributed by atoms with van der Waals surface area (Å²) in [6, 6.07) is 6.90. The first-order chi connectivity index (χ1) is 11.7. The van der Waals surface area contributed by atoms with Gasteiger partial charge in [-0.15, -0.1) is 0 Å². The molecule has 132 valence electrons. The Morgan fingerprint density at radius 1 is 1.04 bits per heavy atom. The number of ether oxygens (including phenoxy) is 2. The molecule has 0 heterocycles. The van der Waals surface area contributed by atoms with Gasteiger partial charge in [-0.3, -0.25) is 4.79 Å². The van der Waals surface area contributed by atoms with Gasteiger partial charge in [-0.2, -0.15) is 0 Å². The summed E-state index contributed by atoms with van der Waals surface area (Å²) in [5, 5.41) is 3.07. The molecular formula is C19H27NO4. The lowest BCUT2D eigenvalue weighted by molar-refractivity contribution is -0.123. The maximum atomic E-state index is 12.0. The summed E-state index contributed by atoms with van der Waals surface area (Å²) < 4.78 is 10.4. The average Bonchev–Trinajstić information content (AvgIpc) is 2.56. The topological polar surface area (TPSA) is 64.6 Å². The van der Waals surface area contributed by atoms with E-state index >= 15 is 0 Å². The predicted molar refractivity (Wildman–Crippen MR) is 92.1 cm³/mol. The third kappa shape index (κ3) is 6.22. The van der Waals surface area contributed by atoms with E-state index in [1.165, 1.54) is 32.1 Å². The minimum atomic E-state index is -0.355. The van der Waals surface area contributed by atoms with Gasteiger partial charge in [0, 0.05) is 6.04 Å². The van der Waals surface area contributed by atoms with E-state index < -0.39 is 0 Å². The van der Waals surface area contributed by atoms with Crippen molar-refractivity contribution in [3.8, 4) is 5.75 Å². The van der Waals surface area contributed by atoms with Gasteiger partial charge in [-0.1, -0.05) is 32.1 Å². The van der Waals surface area contributed by atoms with Crippen LogP contribution in [0.2, 0.25) is 0 Å². The molecule has 24 heavy (non-hydrogen) atoms. The Morgan fingerprint density at radius 3 is 2.29 bits per heavy atom. The Balaban J connectivity index is 1.75. The van der Waals surface area contributed by atoms with Crippen LogP contribution in [0.25, 0.3) is 0 Å². The molecule has 0 bridgehead atoms. The number of esters is 1. The minimum Gasteiger partial charge on any atom is -0.484 e. The van der Waals surface area contributed by atoms with Gasteiger partial charge in [0.25, 0.3) is 5.91 Å². The van der Waals surface area contributed by atoms with Gasteiger partial charge < -0.3 is 14.8 Å². The molecule has 1 aromatic carbocycles. The van der Waals surface area contributed by atoms with Crippen LogP contribution in [0.1, 0.15) is 62.2 Å². The first kappa shape index (κ1) is 18.3. The molecule has 1 amide bonds. The van der Waals surface area contributed by atoms with E-state index in [0.29, 0.717) is 17.9 Å². The smallest absolute Gasteiger partial charge is 0.338 e. The zero-order valence-electron chi connectivity index (χ0n) is 14.4. The fourth-order valence-corrected chi connectivity index (χ4v) is 2.92. The molecule has 0 spiro atoms. The maximum Gasteiger partial charge on any atom is 0.338 e. The zero-order chi connectivity index (χ0) is 17.2. The van der Waals surface area contributed by atoms with Gasteiger partial charge in [0.1, 0.15) is 5.75 Å². The van der Waals surface area contributed by atoms with E-state index in [2.05, 4.69) is 5.32 Å². The maximum absolute atomic E-state index is 12.0. The Hall–Kier alpha value is -2.04. The lowest BCUT2D eigenvalue weighted by Gasteiger charge is -2.21. The van der Waals surface area contributed by atoms with Gasteiger partial charge in [-0.25, -0.2) is 4.79 Å². The Labute approximate surface area is 143 Å². The lowest BCUT2D eigenvalue weighted by atomic mass is 9.97. The van der Waals surface area contributed by atoms with Crippen molar-refractivity contribution in [1.29, 1.82) is 0 Å². The molecule has 0 aromatic heterocycles. The largest absolute Gasteiger partial charge is 0.484 e. The highest BCUT2D eigenvalue weighted by molar-refractivity contribution is 5.89. The minimum absolute atomic E-state index is 0.00471. The number of hydrogen-bond acceptors (Lipinski definition) is 4. The molecule has 0 radical (unpaired) electrons. The molecule has 1 fully saturated rings. The highest BCUT2D eigenvalue weighted by atomic mass is 16.5. The molecule has 1 N–H and O–H groups in total. The Bertz CT molecular complexity index is 519. The van der Waals surface area contributed by atoms with Crippen molar-refractivity contribution < 1.29 is 19.1 Å². The van der Waals surface area contributed by atoms with Crippen LogP contribution in [0.5, 0.6) is 5.75 Å². The molecule has 5 heteroatoms. The van der Waals surface area contributed by atoms with E-state index in [1.54, 1.807) is 31.2 Å². The van der Waals surface area contributed by atoms with Crippen LogP contribution in [-0.2, 0) is 9.53 Å². The number of carbonyl (C=O) groups is 2. The van der Waals surface area contributed by atoms with Gasteiger partial charge in [0.05, 0.1) is 12.2 Å². The van der Waals surface area contributed by atoms with E-state index in [1.807, 2.05) is 0 Å². The van der Waals surface area contributed by atoms with Crippen LogP contribution in [0.4, 0.5) is 0 Å². The summed E-state index contributed by atoms with van der Waals surface area (Å²) >= 11 is 0. The number of hydrogen-bond donors (Lipinski definition) is 1. The first-order valence-corrected chi connectivity index (χ1v) is 8.88. The molecule has 0 saturated heterocycles. The SMILES string of the molecule is CCOC(=O)c1ccc(OCC(=O)NC2CCCCCCC2)cc1. The quantitative estimate of drug-likeness (QED) is 0.810. The molecule has 0 atom stereocenters. The van der Waals surface area contributed by atoms with Gasteiger partial charge in [0.2, 0.25) is 0 Å². The molecule has 0 unspecified atom stereocenters. The predicted octanol–water partition coefficient (Wildman–Crippen LogP) is 3.47. The summed E-state index contributed by atoms with van der Waals surface area (Å²) in [5.74, 6) is 0.122. The molecule has 2 rings (SSSR count). The van der Waals surface area contributed by atoms with Crippen LogP contribution >= 0.6 is 0 Å². The number of nitrogens with one attached hydrogen (secondary N) is 1. The monoisotopic (exact) mass is 333 g/mol. The zero-order valence-corrected chi connectivity index (χ0v) is 14.4. The standard InChI is InChI=1S/C19H27NO4/c1-2-23-19(22)15-10-12-17(13-11-15)24-14-18(21)20-16-8-6-4-3-5-7-9-16/h10-13,16H,2-9,14H2,1H3,(H,20,21). The molecular weight excluding hydrogens is 306 g/mol. The third-order valence-corrected chi connectivity index (χ3v) is 4.21. The van der Waals surface area contributed by atoms with E-state index in [9.17, 15) is 9.59 Å². The Kier molecular flexibility index (Phi) is 7.59. The van der Waals surface area contributed by atoms with Crippen LogP contribution in [0, 0.1) is 0 Å². The van der Waals surface area contributed by atoms with E-state index in [-0.39, 0.29) is 24.5 Å². The first-order valence-electron chi connectivity index (χ1n) is 8.88. The third-order valence-electron chi connectivity index (χ3n) is 4.21. The molecule has 1 aliphatic carbocycles. The van der Waals surface area contributed by atoms with Gasteiger partial charge in [0.15, 0.2) is 6.61 Å². The van der Waals surface area contributed by atoms with Crippen molar-refractivity contribution >= 4 is 11.9 Å². The number of amides is 1. The molecule has 0 aliphatic heterocycles. The fraction of sp³-hybridized carbons (Fsp3) is 0.579. The van der Waals surface area contributed by atoms with E-state index in [0.717, 1.165) is 12.8 Å². The van der Waals surface area contributed by atoms with Crippen LogP contribution < -0.4 is 10.1 Å². The summed E-state index contributed by atoms with van der Waals surface area (Å²) in [6.45, 7) is 2.11. The summed E-state index contributed by atoms with van der Waals surface area (Å²) in [5.41, 5.74) is 0.475. The van der Waals surface area contributed by atoms with Gasteiger partial charge >= 0.3 is 5.97 Å². The van der Waals surface area contributed by atoms with Crippen LogP contribution in [-0.4, -0.2) is 31.1 Å². The van der Waals surface area contributed by atoms with Crippen molar-refractivity contribution in [2.45, 2.75) is 57.9 Å². The number of benzene rings is 1. The number of carbonyl (C=O) groups excluding carboxylic acids is 2. The highest BCUT2D eigenvalue weighted by Gasteiger charge is 2.14. The summed E-state index contributed by atoms with van der Waals surface area (Å²) in [4.78, 5) is 23.6. The molecule has 1 saturated carbocycles. The average molecular weight is 333 g/mol. The number of rotatable bonds is 6. The van der Waals surface area contributed by atoms with Gasteiger partial charge in [-0.05, 0) is 44.0 Å².